The lowest BCUT2D eigenvalue weighted by Crippen LogP contribution is -2.49. The van der Waals surface area contributed by atoms with Gasteiger partial charge in [-0.05, 0) is 24.3 Å². The zero-order valence-corrected chi connectivity index (χ0v) is 15.6. The topological polar surface area (TPSA) is 39.7 Å². The van der Waals surface area contributed by atoms with E-state index in [0.717, 1.165) is 38.1 Å². The molecule has 1 aliphatic heterocycles. The van der Waals surface area contributed by atoms with Gasteiger partial charge in [-0.15, -0.1) is 0 Å². The summed E-state index contributed by atoms with van der Waals surface area (Å²) in [5.74, 6) is 1.69. The van der Waals surface area contributed by atoms with Crippen LogP contribution in [0.1, 0.15) is 45.1 Å². The molecule has 2 N–H and O–H groups in total. The average molecular weight is 331 g/mol. The van der Waals surface area contributed by atoms with E-state index in [1.165, 1.54) is 31.2 Å². The van der Waals surface area contributed by atoms with Crippen LogP contribution in [0, 0.1) is 5.92 Å². The lowest BCUT2D eigenvalue weighted by molar-refractivity contribution is 0.198. The van der Waals surface area contributed by atoms with Crippen LogP contribution in [-0.2, 0) is 6.54 Å². The van der Waals surface area contributed by atoms with E-state index in [4.69, 9.17) is 0 Å². The minimum absolute atomic E-state index is 0.532. The molecular weight excluding hydrogens is 296 g/mol. The third-order valence-electron chi connectivity index (χ3n) is 5.11. The Morgan fingerprint density at radius 1 is 1.17 bits per heavy atom. The maximum absolute atomic E-state index is 4.39. The summed E-state index contributed by atoms with van der Waals surface area (Å²) in [6.45, 7) is 8.89. The molecule has 4 heteroatoms. The van der Waals surface area contributed by atoms with E-state index < -0.39 is 0 Å². The minimum atomic E-state index is 0.532. The summed E-state index contributed by atoms with van der Waals surface area (Å²) >= 11 is 0. The van der Waals surface area contributed by atoms with Gasteiger partial charge in [-0.2, -0.15) is 0 Å². The monoisotopic (exact) mass is 330 g/mol. The molecule has 1 heterocycles. The summed E-state index contributed by atoms with van der Waals surface area (Å²) < 4.78 is 0. The second-order valence-electron chi connectivity index (χ2n) is 6.82. The fourth-order valence-corrected chi connectivity index (χ4v) is 3.28. The van der Waals surface area contributed by atoms with E-state index in [2.05, 4.69) is 64.7 Å². The summed E-state index contributed by atoms with van der Waals surface area (Å²) in [6, 6.07) is 11.3. The van der Waals surface area contributed by atoms with Crippen molar-refractivity contribution in [1.29, 1.82) is 0 Å². The molecule has 24 heavy (non-hydrogen) atoms. The van der Waals surface area contributed by atoms with Crippen molar-refractivity contribution in [2.75, 3.05) is 26.7 Å². The van der Waals surface area contributed by atoms with Crippen LogP contribution in [-0.4, -0.2) is 43.6 Å². The van der Waals surface area contributed by atoms with Crippen LogP contribution in [0.25, 0.3) is 0 Å². The third kappa shape index (κ3) is 6.16. The molecule has 0 unspecified atom stereocenters. The molecule has 1 aromatic rings. The van der Waals surface area contributed by atoms with Crippen LogP contribution in [0.3, 0.4) is 0 Å². The molecule has 0 bridgehead atoms. The lowest BCUT2D eigenvalue weighted by Gasteiger charge is -2.33. The maximum atomic E-state index is 4.39. The van der Waals surface area contributed by atoms with Crippen molar-refractivity contribution < 1.29 is 0 Å². The Morgan fingerprint density at radius 3 is 2.42 bits per heavy atom. The summed E-state index contributed by atoms with van der Waals surface area (Å²) in [5, 5.41) is 7.10. The number of nitrogens with one attached hydrogen (secondary N) is 2. The summed E-state index contributed by atoms with van der Waals surface area (Å²) in [4.78, 5) is 6.94. The number of benzene rings is 1. The number of nitrogens with zero attached hydrogens (tertiary/aromatic N) is 2. The molecule has 0 radical (unpaired) electrons. The van der Waals surface area contributed by atoms with Crippen molar-refractivity contribution >= 4 is 5.96 Å². The number of likely N-dealkylation sites (tertiary alicyclic amines) is 1. The molecule has 2 rings (SSSR count). The predicted molar refractivity (Wildman–Crippen MR) is 103 cm³/mol. The Kier molecular flexibility index (Phi) is 8.10. The Hall–Kier alpha value is -1.55. The van der Waals surface area contributed by atoms with Crippen LogP contribution in [0.4, 0.5) is 0 Å². The van der Waals surface area contributed by atoms with E-state index >= 15 is 0 Å². The standard InChI is InChI=1S/C20H34N4/c1-4-17(5-2)15-22-20(21-3)23-19-11-13-24(14-12-19)16-18-9-7-6-8-10-18/h6-10,17,19H,4-5,11-16H2,1-3H3,(H2,21,22,23). The fourth-order valence-electron chi connectivity index (χ4n) is 3.28. The van der Waals surface area contributed by atoms with Crippen molar-refractivity contribution in [2.24, 2.45) is 10.9 Å². The summed E-state index contributed by atoms with van der Waals surface area (Å²) in [7, 11) is 1.87. The molecule has 0 saturated carbocycles. The quantitative estimate of drug-likeness (QED) is 0.595. The first-order chi connectivity index (χ1) is 11.7. The highest BCUT2D eigenvalue weighted by Crippen LogP contribution is 2.14. The Balaban J connectivity index is 1.71. The fraction of sp³-hybridized carbons (Fsp3) is 0.650. The lowest BCUT2D eigenvalue weighted by atomic mass is 10.0. The Morgan fingerprint density at radius 2 is 1.83 bits per heavy atom. The molecule has 134 valence electrons. The first-order valence-electron chi connectivity index (χ1n) is 9.48. The maximum Gasteiger partial charge on any atom is 0.191 e. The highest BCUT2D eigenvalue weighted by atomic mass is 15.2. The first kappa shape index (κ1) is 18.8. The van der Waals surface area contributed by atoms with E-state index in [1.54, 1.807) is 0 Å². The molecular formula is C20H34N4. The second-order valence-corrected chi connectivity index (χ2v) is 6.82. The van der Waals surface area contributed by atoms with Gasteiger partial charge in [0.2, 0.25) is 0 Å². The van der Waals surface area contributed by atoms with Gasteiger partial charge in [-0.25, -0.2) is 0 Å². The third-order valence-corrected chi connectivity index (χ3v) is 5.11. The van der Waals surface area contributed by atoms with Crippen LogP contribution in [0.15, 0.2) is 35.3 Å². The SMILES string of the molecule is CCC(CC)CNC(=NC)NC1CCN(Cc2ccccc2)CC1. The van der Waals surface area contributed by atoms with E-state index in [0.29, 0.717) is 6.04 Å². The Bertz CT molecular complexity index is 474. The zero-order chi connectivity index (χ0) is 17.2. The molecule has 0 spiro atoms. The van der Waals surface area contributed by atoms with E-state index in [1.807, 2.05) is 7.05 Å². The van der Waals surface area contributed by atoms with Crippen LogP contribution >= 0.6 is 0 Å². The van der Waals surface area contributed by atoms with Gasteiger partial charge in [0.05, 0.1) is 0 Å². The van der Waals surface area contributed by atoms with Gasteiger partial charge < -0.3 is 10.6 Å². The normalized spacial score (nSPS) is 17.2. The summed E-state index contributed by atoms with van der Waals surface area (Å²) in [6.07, 6.45) is 4.80. The van der Waals surface area contributed by atoms with Crippen molar-refractivity contribution in [3.63, 3.8) is 0 Å². The van der Waals surface area contributed by atoms with E-state index in [9.17, 15) is 0 Å². The minimum Gasteiger partial charge on any atom is -0.356 e. The van der Waals surface area contributed by atoms with Crippen LogP contribution in [0.2, 0.25) is 0 Å². The number of piperidine rings is 1. The number of hydrogen-bond acceptors (Lipinski definition) is 2. The Labute approximate surface area is 147 Å². The van der Waals surface area contributed by atoms with Gasteiger partial charge in [0.1, 0.15) is 0 Å². The van der Waals surface area contributed by atoms with Gasteiger partial charge in [-0.3, -0.25) is 9.89 Å². The van der Waals surface area contributed by atoms with Crippen molar-refractivity contribution in [2.45, 2.75) is 52.1 Å². The molecule has 1 fully saturated rings. The molecule has 0 aromatic heterocycles. The zero-order valence-electron chi connectivity index (χ0n) is 15.6. The van der Waals surface area contributed by atoms with Crippen LogP contribution in [0.5, 0.6) is 0 Å². The van der Waals surface area contributed by atoms with Gasteiger partial charge in [0, 0.05) is 39.3 Å². The summed E-state index contributed by atoms with van der Waals surface area (Å²) in [5.41, 5.74) is 1.41. The van der Waals surface area contributed by atoms with Crippen molar-refractivity contribution in [1.82, 2.24) is 15.5 Å². The second kappa shape index (κ2) is 10.3. The van der Waals surface area contributed by atoms with Gasteiger partial charge in [-0.1, -0.05) is 57.0 Å². The predicted octanol–water partition coefficient (Wildman–Crippen LogP) is 3.25. The van der Waals surface area contributed by atoms with Crippen molar-refractivity contribution in [3.8, 4) is 0 Å². The number of aliphatic imine (C=N–C) groups is 1. The van der Waals surface area contributed by atoms with Gasteiger partial charge in [0.25, 0.3) is 0 Å². The first-order valence-corrected chi connectivity index (χ1v) is 9.48. The van der Waals surface area contributed by atoms with Crippen LogP contribution < -0.4 is 10.6 Å². The van der Waals surface area contributed by atoms with Crippen molar-refractivity contribution in [3.05, 3.63) is 35.9 Å². The van der Waals surface area contributed by atoms with Gasteiger partial charge in [0.15, 0.2) is 5.96 Å². The number of rotatable bonds is 7. The van der Waals surface area contributed by atoms with E-state index in [-0.39, 0.29) is 0 Å². The molecule has 1 aliphatic rings. The molecule has 1 aromatic carbocycles. The number of hydrogen-bond donors (Lipinski definition) is 2. The number of guanidine groups is 1. The molecule has 1 saturated heterocycles. The highest BCUT2D eigenvalue weighted by molar-refractivity contribution is 5.79. The molecule has 0 aliphatic carbocycles. The highest BCUT2D eigenvalue weighted by Gasteiger charge is 2.20. The largest absolute Gasteiger partial charge is 0.356 e. The van der Waals surface area contributed by atoms with Gasteiger partial charge >= 0.3 is 0 Å². The molecule has 0 amide bonds. The molecule has 4 nitrogen and oxygen atoms in total. The smallest absolute Gasteiger partial charge is 0.191 e. The average Bonchev–Trinajstić information content (AvgIpc) is 2.64. The molecule has 0 atom stereocenters.